The van der Waals surface area contributed by atoms with Crippen LogP contribution in [-0.2, 0) is 4.74 Å². The molecule has 1 fully saturated rings. The third-order valence-electron chi connectivity index (χ3n) is 4.37. The minimum absolute atomic E-state index is 0.0570. The number of carbonyl (C=O) groups excluding carboxylic acids is 1. The summed E-state index contributed by atoms with van der Waals surface area (Å²) in [6.07, 6.45) is 6.14. The normalized spacial score (nSPS) is 15.6. The number of fused-ring (bicyclic) bond motifs is 1. The van der Waals surface area contributed by atoms with Crippen molar-refractivity contribution in [3.63, 3.8) is 0 Å². The number of pyridine rings is 1. The first-order chi connectivity index (χ1) is 11.1. The summed E-state index contributed by atoms with van der Waals surface area (Å²) in [4.78, 5) is 15.9. The molecule has 0 saturated heterocycles. The lowest BCUT2D eigenvalue weighted by atomic mass is 9.98. The van der Waals surface area contributed by atoms with Crippen LogP contribution in [0.2, 0.25) is 0 Å². The summed E-state index contributed by atoms with van der Waals surface area (Å²) in [6, 6.07) is 5.48. The maximum absolute atomic E-state index is 11.7. The van der Waals surface area contributed by atoms with Crippen LogP contribution in [0, 0.1) is 6.92 Å². The van der Waals surface area contributed by atoms with E-state index >= 15 is 0 Å². The molecule has 1 aromatic heterocycles. The Morgan fingerprint density at radius 3 is 2.65 bits per heavy atom. The van der Waals surface area contributed by atoms with Crippen LogP contribution < -0.4 is 4.74 Å². The topological polar surface area (TPSA) is 68.7 Å². The van der Waals surface area contributed by atoms with E-state index in [1.54, 1.807) is 13.0 Å². The maximum Gasteiger partial charge on any atom is 0.360 e. The summed E-state index contributed by atoms with van der Waals surface area (Å²) in [5, 5.41) is 11.6. The first-order valence-electron chi connectivity index (χ1n) is 7.98. The van der Waals surface area contributed by atoms with Gasteiger partial charge in [-0.25, -0.2) is 9.78 Å². The molecule has 122 valence electrons. The molecule has 0 aliphatic heterocycles. The van der Waals surface area contributed by atoms with Crippen molar-refractivity contribution < 1.29 is 19.4 Å². The van der Waals surface area contributed by atoms with Crippen molar-refractivity contribution in [2.45, 2.75) is 45.1 Å². The van der Waals surface area contributed by atoms with Crippen molar-refractivity contribution in [3.8, 4) is 11.5 Å². The molecule has 1 aliphatic carbocycles. The summed E-state index contributed by atoms with van der Waals surface area (Å²) in [5.74, 6) is -0.0174. The van der Waals surface area contributed by atoms with Gasteiger partial charge in [0.1, 0.15) is 5.75 Å². The number of carbonyl (C=O) groups is 1. The molecule has 1 saturated carbocycles. The van der Waals surface area contributed by atoms with E-state index < -0.39 is 5.97 Å². The number of aromatic nitrogens is 1. The van der Waals surface area contributed by atoms with Crippen LogP contribution in [0.25, 0.3) is 10.8 Å². The third kappa shape index (κ3) is 3.09. The molecule has 1 heterocycles. The molecule has 23 heavy (non-hydrogen) atoms. The second kappa shape index (κ2) is 6.44. The Balaban J connectivity index is 1.96. The van der Waals surface area contributed by atoms with Crippen LogP contribution in [0.1, 0.15) is 48.3 Å². The number of methoxy groups -OCH3 is 1. The smallest absolute Gasteiger partial charge is 0.360 e. The molecule has 0 amide bonds. The average Bonchev–Trinajstić information content (AvgIpc) is 2.58. The van der Waals surface area contributed by atoms with E-state index in [9.17, 15) is 9.90 Å². The highest BCUT2D eigenvalue weighted by Crippen LogP contribution is 2.33. The first-order valence-corrected chi connectivity index (χ1v) is 7.98. The highest BCUT2D eigenvalue weighted by molar-refractivity contribution is 6.00. The van der Waals surface area contributed by atoms with E-state index in [0.29, 0.717) is 11.1 Å². The lowest BCUT2D eigenvalue weighted by molar-refractivity contribution is 0.0590. The maximum atomic E-state index is 11.7. The monoisotopic (exact) mass is 315 g/mol. The second-order valence-electron chi connectivity index (χ2n) is 5.97. The number of aromatic hydroxyl groups is 1. The van der Waals surface area contributed by atoms with Gasteiger partial charge in [0.15, 0.2) is 11.4 Å². The predicted octanol–water partition coefficient (Wildman–Crippen LogP) is 3.75. The number of nitrogens with zero attached hydrogens (tertiary/aromatic N) is 1. The molecule has 1 N–H and O–H groups in total. The molecule has 3 rings (SSSR count). The predicted molar refractivity (Wildman–Crippen MR) is 87.0 cm³/mol. The Bertz CT molecular complexity index is 735. The summed E-state index contributed by atoms with van der Waals surface area (Å²) in [7, 11) is 1.27. The number of hydrogen-bond acceptors (Lipinski definition) is 5. The van der Waals surface area contributed by atoms with E-state index in [-0.39, 0.29) is 17.5 Å². The molecule has 2 aromatic rings. The van der Waals surface area contributed by atoms with Gasteiger partial charge in [0.05, 0.1) is 13.2 Å². The molecule has 0 bridgehead atoms. The van der Waals surface area contributed by atoms with Crippen LogP contribution in [0.15, 0.2) is 18.2 Å². The largest absolute Gasteiger partial charge is 0.505 e. The number of hydrogen-bond donors (Lipinski definition) is 1. The van der Waals surface area contributed by atoms with E-state index in [1.165, 1.54) is 26.4 Å². The quantitative estimate of drug-likeness (QED) is 0.874. The number of esters is 1. The van der Waals surface area contributed by atoms with Gasteiger partial charge in [-0.1, -0.05) is 6.42 Å². The van der Waals surface area contributed by atoms with Crippen LogP contribution in [0.4, 0.5) is 0 Å². The molecule has 0 radical (unpaired) electrons. The van der Waals surface area contributed by atoms with Gasteiger partial charge in [-0.05, 0) is 50.8 Å². The molecule has 5 nitrogen and oxygen atoms in total. The van der Waals surface area contributed by atoms with Crippen molar-refractivity contribution >= 4 is 16.7 Å². The van der Waals surface area contributed by atoms with Crippen LogP contribution in [0.5, 0.6) is 11.5 Å². The molecule has 0 unspecified atom stereocenters. The van der Waals surface area contributed by atoms with Gasteiger partial charge in [-0.15, -0.1) is 0 Å². The highest BCUT2D eigenvalue weighted by atomic mass is 16.5. The van der Waals surface area contributed by atoms with Crippen LogP contribution >= 0.6 is 0 Å². The van der Waals surface area contributed by atoms with Crippen molar-refractivity contribution in [3.05, 3.63) is 29.6 Å². The minimum atomic E-state index is -0.643. The minimum Gasteiger partial charge on any atom is -0.505 e. The van der Waals surface area contributed by atoms with Crippen molar-refractivity contribution in [1.82, 2.24) is 4.98 Å². The highest BCUT2D eigenvalue weighted by Gasteiger charge is 2.19. The van der Waals surface area contributed by atoms with Gasteiger partial charge in [0, 0.05) is 16.5 Å². The molecule has 0 atom stereocenters. The fraction of sp³-hybridized carbons (Fsp3) is 0.444. The zero-order valence-electron chi connectivity index (χ0n) is 13.5. The van der Waals surface area contributed by atoms with E-state index in [1.807, 2.05) is 12.1 Å². The van der Waals surface area contributed by atoms with E-state index in [4.69, 9.17) is 4.74 Å². The Kier molecular flexibility index (Phi) is 4.37. The fourth-order valence-corrected chi connectivity index (χ4v) is 3.13. The Morgan fingerprint density at radius 1 is 1.22 bits per heavy atom. The van der Waals surface area contributed by atoms with Crippen molar-refractivity contribution in [2.24, 2.45) is 0 Å². The van der Waals surface area contributed by atoms with Crippen LogP contribution in [0.3, 0.4) is 0 Å². The van der Waals surface area contributed by atoms with Gasteiger partial charge in [0.2, 0.25) is 0 Å². The van der Waals surface area contributed by atoms with E-state index in [0.717, 1.165) is 24.0 Å². The lowest BCUT2D eigenvalue weighted by Crippen LogP contribution is -2.19. The number of rotatable bonds is 3. The number of ether oxygens (including phenoxy) is 2. The summed E-state index contributed by atoms with van der Waals surface area (Å²) >= 11 is 0. The zero-order chi connectivity index (χ0) is 16.4. The summed E-state index contributed by atoms with van der Waals surface area (Å²) in [6.45, 7) is 1.80. The SMILES string of the molecule is COC(=O)c1nc(C)c2cc(OC3CCCCC3)ccc2c1O. The second-order valence-corrected chi connectivity index (χ2v) is 5.97. The summed E-state index contributed by atoms with van der Waals surface area (Å²) in [5.41, 5.74) is 0.603. The zero-order valence-corrected chi connectivity index (χ0v) is 13.5. The Labute approximate surface area is 135 Å². The van der Waals surface area contributed by atoms with Gasteiger partial charge < -0.3 is 14.6 Å². The number of benzene rings is 1. The lowest BCUT2D eigenvalue weighted by Gasteiger charge is -2.23. The standard InChI is InChI=1S/C18H21NO4/c1-11-15-10-13(23-12-6-4-3-5-7-12)8-9-14(15)17(20)16(19-11)18(21)22-2/h8-10,12,20H,3-7H2,1-2H3. The molecule has 5 heteroatoms. The molecule has 0 spiro atoms. The Hall–Kier alpha value is -2.30. The van der Waals surface area contributed by atoms with Crippen molar-refractivity contribution in [2.75, 3.05) is 7.11 Å². The van der Waals surface area contributed by atoms with Crippen molar-refractivity contribution in [1.29, 1.82) is 0 Å². The number of aryl methyl sites for hydroxylation is 1. The third-order valence-corrected chi connectivity index (χ3v) is 4.37. The van der Waals surface area contributed by atoms with Gasteiger partial charge in [-0.2, -0.15) is 0 Å². The average molecular weight is 315 g/mol. The molecular weight excluding hydrogens is 294 g/mol. The fourth-order valence-electron chi connectivity index (χ4n) is 3.13. The molecule has 1 aromatic carbocycles. The van der Waals surface area contributed by atoms with Gasteiger partial charge >= 0.3 is 5.97 Å². The van der Waals surface area contributed by atoms with Gasteiger partial charge in [0.25, 0.3) is 0 Å². The van der Waals surface area contributed by atoms with E-state index in [2.05, 4.69) is 9.72 Å². The first kappa shape index (κ1) is 15.6. The van der Waals surface area contributed by atoms with Crippen LogP contribution in [-0.4, -0.2) is 29.3 Å². The Morgan fingerprint density at radius 2 is 1.96 bits per heavy atom. The molecular formula is C18H21NO4. The van der Waals surface area contributed by atoms with Gasteiger partial charge in [-0.3, -0.25) is 0 Å². The summed E-state index contributed by atoms with van der Waals surface area (Å²) < 4.78 is 10.7. The molecule has 1 aliphatic rings.